The number of aromatic nitrogens is 4. The van der Waals surface area contributed by atoms with Gasteiger partial charge < -0.3 is 5.73 Å². The summed E-state index contributed by atoms with van der Waals surface area (Å²) in [7, 11) is 0. The molecule has 0 bridgehead atoms. The molecular formula is C11H15N5S. The number of nitrogen functional groups attached to an aromatic ring is 1. The highest BCUT2D eigenvalue weighted by Gasteiger charge is 1.99. The van der Waals surface area contributed by atoms with Crippen molar-refractivity contribution in [3.8, 4) is 0 Å². The normalized spacial score (nSPS) is 10.6. The highest BCUT2D eigenvalue weighted by atomic mass is 32.2. The van der Waals surface area contributed by atoms with Gasteiger partial charge in [0, 0.05) is 30.4 Å². The molecule has 0 radical (unpaired) electrons. The first-order valence-corrected chi connectivity index (χ1v) is 6.44. The summed E-state index contributed by atoms with van der Waals surface area (Å²) < 4.78 is 1.85. The van der Waals surface area contributed by atoms with Crippen molar-refractivity contribution in [1.82, 2.24) is 19.7 Å². The van der Waals surface area contributed by atoms with Crippen LogP contribution >= 0.6 is 11.8 Å². The fourth-order valence-electron chi connectivity index (χ4n) is 1.39. The maximum atomic E-state index is 5.53. The Morgan fingerprint density at radius 3 is 3.00 bits per heavy atom. The van der Waals surface area contributed by atoms with Gasteiger partial charge in [-0.3, -0.25) is 4.68 Å². The van der Waals surface area contributed by atoms with Crippen molar-refractivity contribution in [3.63, 3.8) is 0 Å². The van der Waals surface area contributed by atoms with Crippen LogP contribution in [-0.2, 0) is 6.54 Å². The standard InChI is InChI=1S/C11H15N5S/c1-9-3-5-13-11(14-9)17-8-2-6-16-7-4-10(12)15-16/h3-5,7H,2,6,8H2,1H3,(H2,12,15). The summed E-state index contributed by atoms with van der Waals surface area (Å²) in [5.74, 6) is 1.54. The molecule has 0 amide bonds. The average Bonchev–Trinajstić information content (AvgIpc) is 2.71. The number of hydrogen-bond acceptors (Lipinski definition) is 5. The van der Waals surface area contributed by atoms with Gasteiger partial charge in [0.15, 0.2) is 5.16 Å². The van der Waals surface area contributed by atoms with Crippen LogP contribution in [0.4, 0.5) is 5.82 Å². The van der Waals surface area contributed by atoms with Gasteiger partial charge in [-0.1, -0.05) is 11.8 Å². The minimum absolute atomic E-state index is 0.569. The summed E-state index contributed by atoms with van der Waals surface area (Å²) in [5.41, 5.74) is 6.54. The lowest BCUT2D eigenvalue weighted by Gasteiger charge is -2.01. The molecule has 2 aromatic rings. The summed E-state index contributed by atoms with van der Waals surface area (Å²) in [4.78, 5) is 8.53. The molecular weight excluding hydrogens is 234 g/mol. The molecule has 0 aromatic carbocycles. The minimum Gasteiger partial charge on any atom is -0.382 e. The Morgan fingerprint density at radius 2 is 2.29 bits per heavy atom. The largest absolute Gasteiger partial charge is 0.382 e. The molecule has 2 heterocycles. The molecule has 0 aliphatic rings. The highest BCUT2D eigenvalue weighted by molar-refractivity contribution is 7.99. The number of anilines is 1. The van der Waals surface area contributed by atoms with E-state index >= 15 is 0 Å². The predicted molar refractivity (Wildman–Crippen MR) is 68.7 cm³/mol. The van der Waals surface area contributed by atoms with E-state index in [0.717, 1.165) is 29.6 Å². The van der Waals surface area contributed by atoms with Gasteiger partial charge in [0.25, 0.3) is 0 Å². The van der Waals surface area contributed by atoms with Crippen molar-refractivity contribution in [1.29, 1.82) is 0 Å². The van der Waals surface area contributed by atoms with E-state index < -0.39 is 0 Å². The van der Waals surface area contributed by atoms with Gasteiger partial charge in [-0.15, -0.1) is 0 Å². The van der Waals surface area contributed by atoms with Crippen LogP contribution in [0.15, 0.2) is 29.7 Å². The third-order valence-corrected chi connectivity index (χ3v) is 3.14. The van der Waals surface area contributed by atoms with Crippen molar-refractivity contribution >= 4 is 17.6 Å². The smallest absolute Gasteiger partial charge is 0.187 e. The van der Waals surface area contributed by atoms with Crippen LogP contribution in [0, 0.1) is 6.92 Å². The Morgan fingerprint density at radius 1 is 1.41 bits per heavy atom. The van der Waals surface area contributed by atoms with Crippen LogP contribution in [-0.4, -0.2) is 25.5 Å². The van der Waals surface area contributed by atoms with Crippen molar-refractivity contribution in [2.75, 3.05) is 11.5 Å². The molecule has 0 saturated heterocycles. The Hall–Kier alpha value is -1.56. The van der Waals surface area contributed by atoms with Gasteiger partial charge in [0.05, 0.1) is 0 Å². The minimum atomic E-state index is 0.569. The maximum Gasteiger partial charge on any atom is 0.187 e. The molecule has 0 saturated carbocycles. The van der Waals surface area contributed by atoms with E-state index in [-0.39, 0.29) is 0 Å². The zero-order valence-electron chi connectivity index (χ0n) is 9.71. The Kier molecular flexibility index (Phi) is 3.98. The first kappa shape index (κ1) is 11.9. The predicted octanol–water partition coefficient (Wildman–Crippen LogP) is 1.75. The molecule has 5 nitrogen and oxygen atoms in total. The topological polar surface area (TPSA) is 69.6 Å². The van der Waals surface area contributed by atoms with Crippen molar-refractivity contribution in [3.05, 3.63) is 30.2 Å². The van der Waals surface area contributed by atoms with E-state index in [1.54, 1.807) is 24.0 Å². The van der Waals surface area contributed by atoms with Crippen molar-refractivity contribution < 1.29 is 0 Å². The molecule has 0 fully saturated rings. The molecule has 2 N–H and O–H groups in total. The fourth-order valence-corrected chi connectivity index (χ4v) is 2.19. The van der Waals surface area contributed by atoms with E-state index in [0.29, 0.717) is 5.82 Å². The Labute approximate surface area is 104 Å². The first-order valence-electron chi connectivity index (χ1n) is 5.45. The molecule has 6 heteroatoms. The monoisotopic (exact) mass is 249 g/mol. The summed E-state index contributed by atoms with van der Waals surface area (Å²) in [6, 6.07) is 3.70. The molecule has 17 heavy (non-hydrogen) atoms. The summed E-state index contributed by atoms with van der Waals surface area (Å²) in [6.07, 6.45) is 4.70. The van der Waals surface area contributed by atoms with Gasteiger partial charge in [-0.25, -0.2) is 9.97 Å². The Balaban J connectivity index is 1.73. The van der Waals surface area contributed by atoms with Gasteiger partial charge in [0.2, 0.25) is 0 Å². The average molecular weight is 249 g/mol. The number of thioether (sulfide) groups is 1. The number of hydrogen-bond donors (Lipinski definition) is 1. The fraction of sp³-hybridized carbons (Fsp3) is 0.364. The van der Waals surface area contributed by atoms with Crippen molar-refractivity contribution in [2.45, 2.75) is 25.0 Å². The third-order valence-electron chi connectivity index (χ3n) is 2.20. The highest BCUT2D eigenvalue weighted by Crippen LogP contribution is 2.13. The lowest BCUT2D eigenvalue weighted by molar-refractivity contribution is 0.608. The first-order chi connectivity index (χ1) is 8.24. The number of rotatable bonds is 5. The van der Waals surface area contributed by atoms with Gasteiger partial charge >= 0.3 is 0 Å². The SMILES string of the molecule is Cc1ccnc(SCCCn2ccc(N)n2)n1. The van der Waals surface area contributed by atoms with Gasteiger partial charge in [0.1, 0.15) is 5.82 Å². The van der Waals surface area contributed by atoms with Crippen LogP contribution in [0.5, 0.6) is 0 Å². The van der Waals surface area contributed by atoms with Crippen LogP contribution in [0.3, 0.4) is 0 Å². The second-order valence-corrected chi connectivity index (χ2v) is 4.75. The summed E-state index contributed by atoms with van der Waals surface area (Å²) in [6.45, 7) is 2.84. The van der Waals surface area contributed by atoms with Gasteiger partial charge in [-0.2, -0.15) is 5.10 Å². The molecule has 2 aromatic heterocycles. The van der Waals surface area contributed by atoms with E-state index in [9.17, 15) is 0 Å². The van der Waals surface area contributed by atoms with E-state index in [1.807, 2.05) is 23.9 Å². The molecule has 0 aliphatic carbocycles. The second kappa shape index (κ2) is 5.67. The molecule has 0 unspecified atom stereocenters. The van der Waals surface area contributed by atoms with Crippen molar-refractivity contribution in [2.24, 2.45) is 0 Å². The molecule has 0 atom stereocenters. The molecule has 90 valence electrons. The molecule has 0 aliphatic heterocycles. The van der Waals surface area contributed by atoms with E-state index in [1.165, 1.54) is 0 Å². The zero-order valence-corrected chi connectivity index (χ0v) is 10.5. The Bertz CT molecular complexity index is 482. The second-order valence-electron chi connectivity index (χ2n) is 3.69. The van der Waals surface area contributed by atoms with E-state index in [2.05, 4.69) is 15.1 Å². The lowest BCUT2D eigenvalue weighted by Crippen LogP contribution is -2.01. The summed E-state index contributed by atoms with van der Waals surface area (Å²) >= 11 is 1.67. The maximum absolute atomic E-state index is 5.53. The number of nitrogens with zero attached hydrogens (tertiary/aromatic N) is 4. The van der Waals surface area contributed by atoms with Crippen LogP contribution in [0.1, 0.15) is 12.1 Å². The van der Waals surface area contributed by atoms with E-state index in [4.69, 9.17) is 5.73 Å². The quantitative estimate of drug-likeness (QED) is 0.496. The van der Waals surface area contributed by atoms with Crippen LogP contribution in [0.2, 0.25) is 0 Å². The van der Waals surface area contributed by atoms with Crippen LogP contribution in [0.25, 0.3) is 0 Å². The number of nitrogens with two attached hydrogens (primary N) is 1. The lowest BCUT2D eigenvalue weighted by atomic mass is 10.5. The number of aryl methyl sites for hydroxylation is 2. The molecule has 0 spiro atoms. The van der Waals surface area contributed by atoms with Crippen LogP contribution < -0.4 is 5.73 Å². The van der Waals surface area contributed by atoms with Gasteiger partial charge in [-0.05, 0) is 25.5 Å². The third kappa shape index (κ3) is 3.74. The molecule has 2 rings (SSSR count). The summed E-state index contributed by atoms with van der Waals surface area (Å²) in [5, 5.41) is 4.96. The zero-order chi connectivity index (χ0) is 12.1.